The molecular formula is C20H19N5O3. The molecule has 0 bridgehead atoms. The van der Waals surface area contributed by atoms with Crippen LogP contribution in [-0.2, 0) is 14.4 Å². The van der Waals surface area contributed by atoms with Crippen molar-refractivity contribution in [3.05, 3.63) is 65.9 Å². The standard InChI is InChI=1S/C20H19N5O3/c21-9-14-1-3-15(4-2-14)16-5-7-18(8-6-16)24-19(26)10-23-20(27)17-11-25(13-22)28-12-17/h1-8,11H,10,12-13,22H2,(H,23,27)(H,24,26). The lowest BCUT2D eigenvalue weighted by Crippen LogP contribution is -2.34. The van der Waals surface area contributed by atoms with E-state index in [9.17, 15) is 9.59 Å². The Kier molecular flexibility index (Phi) is 6.01. The molecule has 4 N–H and O–H groups in total. The fraction of sp³-hybridized carbons (Fsp3) is 0.150. The maximum absolute atomic E-state index is 12.0. The maximum Gasteiger partial charge on any atom is 0.251 e. The van der Waals surface area contributed by atoms with Crippen LogP contribution in [0, 0.1) is 11.3 Å². The zero-order valence-corrected chi connectivity index (χ0v) is 15.0. The number of hydrogen-bond acceptors (Lipinski definition) is 6. The lowest BCUT2D eigenvalue weighted by Gasteiger charge is -2.08. The van der Waals surface area contributed by atoms with E-state index in [1.54, 1.807) is 24.3 Å². The van der Waals surface area contributed by atoms with Gasteiger partial charge in [-0.1, -0.05) is 24.3 Å². The Labute approximate surface area is 162 Å². The molecule has 0 saturated heterocycles. The summed E-state index contributed by atoms with van der Waals surface area (Å²) in [7, 11) is 0. The minimum absolute atomic E-state index is 0.126. The van der Waals surface area contributed by atoms with Crippen molar-refractivity contribution in [1.82, 2.24) is 10.4 Å². The van der Waals surface area contributed by atoms with E-state index < -0.39 is 0 Å². The second-order valence-electron chi connectivity index (χ2n) is 6.02. The number of nitrogens with two attached hydrogens (primary N) is 1. The molecule has 1 aliphatic heterocycles. The molecule has 0 aromatic heterocycles. The average Bonchev–Trinajstić information content (AvgIpc) is 3.22. The van der Waals surface area contributed by atoms with Crippen molar-refractivity contribution < 1.29 is 14.4 Å². The highest BCUT2D eigenvalue weighted by Gasteiger charge is 2.19. The number of anilines is 1. The number of amides is 2. The number of hydrogen-bond donors (Lipinski definition) is 3. The van der Waals surface area contributed by atoms with Crippen LogP contribution in [0.4, 0.5) is 5.69 Å². The summed E-state index contributed by atoms with van der Waals surface area (Å²) in [5.41, 5.74) is 8.98. The molecule has 2 aromatic carbocycles. The lowest BCUT2D eigenvalue weighted by atomic mass is 10.0. The Morgan fingerprint density at radius 3 is 2.32 bits per heavy atom. The lowest BCUT2D eigenvalue weighted by molar-refractivity contribution is -0.122. The van der Waals surface area contributed by atoms with Crippen LogP contribution in [0.1, 0.15) is 5.56 Å². The molecule has 0 spiro atoms. The molecule has 0 saturated carbocycles. The van der Waals surface area contributed by atoms with Crippen LogP contribution in [0.15, 0.2) is 60.3 Å². The first-order chi connectivity index (χ1) is 13.6. The predicted octanol–water partition coefficient (Wildman–Crippen LogP) is 1.33. The Balaban J connectivity index is 1.51. The van der Waals surface area contributed by atoms with Gasteiger partial charge >= 0.3 is 0 Å². The summed E-state index contributed by atoms with van der Waals surface area (Å²) in [6.45, 7) is 0.118. The summed E-state index contributed by atoms with van der Waals surface area (Å²) in [6, 6.07) is 16.6. The molecule has 1 aliphatic rings. The van der Waals surface area contributed by atoms with Gasteiger partial charge in [0.25, 0.3) is 5.91 Å². The first-order valence-electron chi connectivity index (χ1n) is 8.58. The van der Waals surface area contributed by atoms with Crippen molar-refractivity contribution in [3.8, 4) is 17.2 Å². The fourth-order valence-electron chi connectivity index (χ4n) is 2.59. The van der Waals surface area contributed by atoms with Crippen LogP contribution in [0.25, 0.3) is 11.1 Å². The Morgan fingerprint density at radius 1 is 1.11 bits per heavy atom. The van der Waals surface area contributed by atoms with Crippen LogP contribution in [0.5, 0.6) is 0 Å². The Morgan fingerprint density at radius 2 is 1.75 bits per heavy atom. The van der Waals surface area contributed by atoms with E-state index in [0.29, 0.717) is 16.8 Å². The number of hydroxylamine groups is 2. The summed E-state index contributed by atoms with van der Waals surface area (Å²) in [5.74, 6) is -0.711. The largest absolute Gasteiger partial charge is 0.343 e. The predicted molar refractivity (Wildman–Crippen MR) is 103 cm³/mol. The molecule has 8 nitrogen and oxygen atoms in total. The topological polar surface area (TPSA) is 120 Å². The summed E-state index contributed by atoms with van der Waals surface area (Å²) < 4.78 is 0. The Hall–Kier alpha value is -3.67. The van der Waals surface area contributed by atoms with Gasteiger partial charge in [0.05, 0.1) is 30.4 Å². The highest BCUT2D eigenvalue weighted by Crippen LogP contribution is 2.21. The van der Waals surface area contributed by atoms with Crippen LogP contribution in [0.2, 0.25) is 0 Å². The number of carbonyl (C=O) groups excluding carboxylic acids is 2. The third-order valence-corrected chi connectivity index (χ3v) is 4.08. The van der Waals surface area contributed by atoms with E-state index >= 15 is 0 Å². The van der Waals surface area contributed by atoms with Gasteiger partial charge in [0.2, 0.25) is 5.91 Å². The quantitative estimate of drug-likeness (QED) is 0.698. The summed E-state index contributed by atoms with van der Waals surface area (Å²) in [5, 5.41) is 15.5. The first kappa shape index (κ1) is 19.1. The van der Waals surface area contributed by atoms with E-state index in [4.69, 9.17) is 15.8 Å². The second kappa shape index (κ2) is 8.81. The fourth-order valence-corrected chi connectivity index (χ4v) is 2.59. The molecule has 0 aliphatic carbocycles. The zero-order chi connectivity index (χ0) is 19.9. The Bertz CT molecular complexity index is 930. The highest BCUT2D eigenvalue weighted by atomic mass is 16.7. The monoisotopic (exact) mass is 377 g/mol. The van der Waals surface area contributed by atoms with Crippen molar-refractivity contribution in [2.75, 3.05) is 25.1 Å². The van der Waals surface area contributed by atoms with Gasteiger partial charge in [-0.3, -0.25) is 14.4 Å². The highest BCUT2D eigenvalue weighted by molar-refractivity contribution is 5.99. The van der Waals surface area contributed by atoms with Crippen LogP contribution in [-0.4, -0.2) is 36.7 Å². The van der Waals surface area contributed by atoms with E-state index in [1.807, 2.05) is 24.3 Å². The van der Waals surface area contributed by atoms with E-state index in [-0.39, 0.29) is 31.6 Å². The minimum atomic E-state index is -0.373. The molecule has 0 atom stereocenters. The van der Waals surface area contributed by atoms with Gasteiger partial charge in [0.15, 0.2) is 0 Å². The summed E-state index contributed by atoms with van der Waals surface area (Å²) in [6.07, 6.45) is 1.51. The second-order valence-corrected chi connectivity index (χ2v) is 6.02. The maximum atomic E-state index is 12.0. The molecule has 3 rings (SSSR count). The van der Waals surface area contributed by atoms with Crippen molar-refractivity contribution >= 4 is 17.5 Å². The van der Waals surface area contributed by atoms with Gasteiger partial charge in [0.1, 0.15) is 6.61 Å². The van der Waals surface area contributed by atoms with Gasteiger partial charge in [0, 0.05) is 11.9 Å². The van der Waals surface area contributed by atoms with E-state index in [1.165, 1.54) is 11.3 Å². The van der Waals surface area contributed by atoms with Crippen molar-refractivity contribution in [2.24, 2.45) is 5.73 Å². The third kappa shape index (κ3) is 4.73. The molecule has 8 heteroatoms. The van der Waals surface area contributed by atoms with Crippen LogP contribution < -0.4 is 16.4 Å². The molecule has 142 valence electrons. The number of nitrogens with one attached hydrogen (secondary N) is 2. The smallest absolute Gasteiger partial charge is 0.251 e. The number of carbonyl (C=O) groups is 2. The van der Waals surface area contributed by atoms with Crippen molar-refractivity contribution in [1.29, 1.82) is 5.26 Å². The molecule has 2 amide bonds. The normalized spacial score (nSPS) is 12.9. The van der Waals surface area contributed by atoms with Gasteiger partial charge < -0.3 is 16.4 Å². The SMILES string of the molecule is N#Cc1ccc(-c2ccc(NC(=O)CNC(=O)C3=CN(CN)OC3)cc2)cc1. The average molecular weight is 377 g/mol. The van der Waals surface area contributed by atoms with Crippen molar-refractivity contribution in [3.63, 3.8) is 0 Å². The third-order valence-electron chi connectivity index (χ3n) is 4.08. The molecule has 1 heterocycles. The molecular weight excluding hydrogens is 358 g/mol. The van der Waals surface area contributed by atoms with Gasteiger partial charge in [-0.05, 0) is 35.4 Å². The van der Waals surface area contributed by atoms with Crippen LogP contribution >= 0.6 is 0 Å². The summed E-state index contributed by atoms with van der Waals surface area (Å²) in [4.78, 5) is 29.2. The number of benzene rings is 2. The number of nitriles is 1. The molecule has 0 unspecified atom stereocenters. The first-order valence-corrected chi connectivity index (χ1v) is 8.58. The minimum Gasteiger partial charge on any atom is -0.343 e. The van der Waals surface area contributed by atoms with Gasteiger partial charge in [-0.15, -0.1) is 0 Å². The number of nitrogens with zero attached hydrogens (tertiary/aromatic N) is 2. The summed E-state index contributed by atoms with van der Waals surface area (Å²) >= 11 is 0. The van der Waals surface area contributed by atoms with Gasteiger partial charge in [-0.2, -0.15) is 5.26 Å². The number of rotatable bonds is 6. The molecule has 28 heavy (non-hydrogen) atoms. The van der Waals surface area contributed by atoms with E-state index in [0.717, 1.165) is 11.1 Å². The molecule has 2 aromatic rings. The van der Waals surface area contributed by atoms with Crippen LogP contribution in [0.3, 0.4) is 0 Å². The van der Waals surface area contributed by atoms with Crippen molar-refractivity contribution in [2.45, 2.75) is 0 Å². The van der Waals surface area contributed by atoms with Gasteiger partial charge in [-0.25, -0.2) is 5.06 Å². The zero-order valence-electron chi connectivity index (χ0n) is 15.0. The van der Waals surface area contributed by atoms with E-state index in [2.05, 4.69) is 16.7 Å². The molecule has 0 fully saturated rings. The molecule has 0 radical (unpaired) electrons.